The number of nitrogens with two attached hydrogens (primary N) is 1. The van der Waals surface area contributed by atoms with Crippen LogP contribution in [-0.4, -0.2) is 16.3 Å². The normalized spacial score (nSPS) is 14.6. The molecule has 0 saturated carbocycles. The van der Waals surface area contributed by atoms with E-state index in [1.54, 1.807) is 0 Å². The fourth-order valence-electron chi connectivity index (χ4n) is 2.20. The third-order valence-electron chi connectivity index (χ3n) is 3.05. The van der Waals surface area contributed by atoms with Crippen molar-refractivity contribution >= 4 is 21.7 Å². The summed E-state index contributed by atoms with van der Waals surface area (Å²) >= 11 is 3.55. The van der Waals surface area contributed by atoms with Crippen molar-refractivity contribution in [1.29, 1.82) is 0 Å². The molecule has 0 saturated heterocycles. The molecule has 3 rings (SSSR count). The van der Waals surface area contributed by atoms with Gasteiger partial charge in [-0.2, -0.15) is 5.10 Å². The zero-order valence-corrected chi connectivity index (χ0v) is 10.9. The van der Waals surface area contributed by atoms with Crippen LogP contribution >= 0.6 is 15.9 Å². The van der Waals surface area contributed by atoms with Gasteiger partial charge in [0.25, 0.3) is 0 Å². The average molecular weight is 293 g/mol. The van der Waals surface area contributed by atoms with E-state index in [9.17, 15) is 0 Å². The van der Waals surface area contributed by atoms with Gasteiger partial charge in [0.15, 0.2) is 0 Å². The van der Waals surface area contributed by atoms with E-state index in [1.807, 2.05) is 28.9 Å². The maximum atomic E-state index is 5.97. The van der Waals surface area contributed by atoms with Gasteiger partial charge in [-0.3, -0.25) is 0 Å². The quantitative estimate of drug-likeness (QED) is 0.844. The number of halogens is 1. The molecule has 3 N–H and O–H groups in total. The molecule has 0 atom stereocenters. The summed E-state index contributed by atoms with van der Waals surface area (Å²) in [5, 5.41) is 7.80. The Kier molecular flexibility index (Phi) is 2.64. The first kappa shape index (κ1) is 10.8. The number of anilines is 1. The number of nitrogens with one attached hydrogen (secondary N) is 1. The molecule has 1 aliphatic heterocycles. The molecule has 0 spiro atoms. The second-order valence-corrected chi connectivity index (χ2v) is 4.95. The monoisotopic (exact) mass is 292 g/mol. The van der Waals surface area contributed by atoms with E-state index in [4.69, 9.17) is 5.73 Å². The van der Waals surface area contributed by atoms with Crippen LogP contribution in [0.3, 0.4) is 0 Å². The van der Waals surface area contributed by atoms with Crippen LogP contribution in [0, 0.1) is 0 Å². The van der Waals surface area contributed by atoms with Crippen LogP contribution in [0.1, 0.15) is 11.3 Å². The summed E-state index contributed by atoms with van der Waals surface area (Å²) < 4.78 is 2.96. The van der Waals surface area contributed by atoms with Crippen molar-refractivity contribution in [3.8, 4) is 5.69 Å². The van der Waals surface area contributed by atoms with E-state index >= 15 is 0 Å². The molecular weight excluding hydrogens is 280 g/mol. The molecule has 1 aliphatic rings. The highest BCUT2D eigenvalue weighted by Crippen LogP contribution is 2.27. The highest BCUT2D eigenvalue weighted by atomic mass is 79.9. The molecule has 2 heterocycles. The molecule has 1 aromatic carbocycles. The van der Waals surface area contributed by atoms with Crippen molar-refractivity contribution in [3.63, 3.8) is 0 Å². The molecule has 17 heavy (non-hydrogen) atoms. The average Bonchev–Trinajstić information content (AvgIpc) is 2.68. The van der Waals surface area contributed by atoms with Gasteiger partial charge in [0.05, 0.1) is 11.4 Å². The first-order valence-corrected chi connectivity index (χ1v) is 6.38. The summed E-state index contributed by atoms with van der Waals surface area (Å²) in [4.78, 5) is 0. The van der Waals surface area contributed by atoms with Crippen LogP contribution < -0.4 is 11.1 Å². The Balaban J connectivity index is 2.19. The van der Waals surface area contributed by atoms with Crippen LogP contribution in [0.25, 0.3) is 5.69 Å². The first-order valence-electron chi connectivity index (χ1n) is 5.59. The second-order valence-electron chi connectivity index (χ2n) is 4.10. The highest BCUT2D eigenvalue weighted by Gasteiger charge is 2.20. The molecule has 4 nitrogen and oxygen atoms in total. The fourth-order valence-corrected chi connectivity index (χ4v) is 2.65. The lowest BCUT2D eigenvalue weighted by Crippen LogP contribution is -2.25. The summed E-state index contributed by atoms with van der Waals surface area (Å²) in [7, 11) is 0. The Bertz CT molecular complexity index is 562. The molecule has 88 valence electrons. The number of rotatable bonds is 1. The Morgan fingerprint density at radius 1 is 1.35 bits per heavy atom. The standard InChI is InChI=1S/C12H13BrN4/c13-9-3-1-2-4-10(9)17-11-7-15-6-5-8(11)12(14)16-17/h1-4,15H,5-7H2,(H2,14,16). The summed E-state index contributed by atoms with van der Waals surface area (Å²) in [6.07, 6.45) is 0.950. The van der Waals surface area contributed by atoms with Gasteiger partial charge < -0.3 is 11.1 Å². The van der Waals surface area contributed by atoms with E-state index in [-0.39, 0.29) is 0 Å². The summed E-state index contributed by atoms with van der Waals surface area (Å²) in [6, 6.07) is 8.03. The van der Waals surface area contributed by atoms with Gasteiger partial charge >= 0.3 is 0 Å². The van der Waals surface area contributed by atoms with Crippen LogP contribution in [-0.2, 0) is 13.0 Å². The molecule has 0 unspecified atom stereocenters. The van der Waals surface area contributed by atoms with Crippen LogP contribution in [0.15, 0.2) is 28.7 Å². The van der Waals surface area contributed by atoms with Gasteiger partial charge in [0, 0.05) is 16.6 Å². The van der Waals surface area contributed by atoms with Gasteiger partial charge in [-0.1, -0.05) is 12.1 Å². The summed E-state index contributed by atoms with van der Waals surface area (Å²) in [5.41, 5.74) is 9.35. The number of aromatic nitrogens is 2. The van der Waals surface area contributed by atoms with E-state index in [0.29, 0.717) is 5.82 Å². The molecule has 0 aliphatic carbocycles. The van der Waals surface area contributed by atoms with E-state index < -0.39 is 0 Å². The molecule has 0 bridgehead atoms. The smallest absolute Gasteiger partial charge is 0.149 e. The Morgan fingerprint density at radius 3 is 3.00 bits per heavy atom. The predicted octanol–water partition coefficient (Wildman–Crippen LogP) is 1.86. The molecule has 0 amide bonds. The van der Waals surface area contributed by atoms with Crippen molar-refractivity contribution in [2.75, 3.05) is 12.3 Å². The van der Waals surface area contributed by atoms with E-state index in [1.165, 1.54) is 11.3 Å². The molecule has 0 radical (unpaired) electrons. The first-order chi connectivity index (χ1) is 8.27. The van der Waals surface area contributed by atoms with Gasteiger partial charge in [0.2, 0.25) is 0 Å². The Labute approximate surface area is 108 Å². The minimum Gasteiger partial charge on any atom is -0.382 e. The van der Waals surface area contributed by atoms with Crippen molar-refractivity contribution in [3.05, 3.63) is 40.0 Å². The van der Waals surface area contributed by atoms with Crippen molar-refractivity contribution < 1.29 is 0 Å². The van der Waals surface area contributed by atoms with Crippen molar-refractivity contribution in [1.82, 2.24) is 15.1 Å². The number of fused-ring (bicyclic) bond motifs is 1. The largest absolute Gasteiger partial charge is 0.382 e. The summed E-state index contributed by atoms with van der Waals surface area (Å²) in [6.45, 7) is 1.79. The SMILES string of the molecule is Nc1nn(-c2ccccc2Br)c2c1CCNC2. The minimum absolute atomic E-state index is 0.650. The topological polar surface area (TPSA) is 55.9 Å². The van der Waals surface area contributed by atoms with E-state index in [0.717, 1.165) is 29.7 Å². The lowest BCUT2D eigenvalue weighted by molar-refractivity contribution is 0.614. The molecule has 1 aromatic heterocycles. The number of nitrogens with zero attached hydrogens (tertiary/aromatic N) is 2. The van der Waals surface area contributed by atoms with Crippen LogP contribution in [0.4, 0.5) is 5.82 Å². The Hall–Kier alpha value is -1.33. The minimum atomic E-state index is 0.650. The van der Waals surface area contributed by atoms with Crippen LogP contribution in [0.2, 0.25) is 0 Å². The van der Waals surface area contributed by atoms with Gasteiger partial charge in [0.1, 0.15) is 5.82 Å². The zero-order chi connectivity index (χ0) is 11.8. The third-order valence-corrected chi connectivity index (χ3v) is 3.72. The van der Waals surface area contributed by atoms with Gasteiger partial charge in [-0.05, 0) is 41.0 Å². The van der Waals surface area contributed by atoms with Crippen molar-refractivity contribution in [2.24, 2.45) is 0 Å². The maximum absolute atomic E-state index is 5.97. The lowest BCUT2D eigenvalue weighted by atomic mass is 10.1. The molecule has 5 heteroatoms. The maximum Gasteiger partial charge on any atom is 0.149 e. The van der Waals surface area contributed by atoms with Crippen LogP contribution in [0.5, 0.6) is 0 Å². The fraction of sp³-hybridized carbons (Fsp3) is 0.250. The third kappa shape index (κ3) is 1.75. The zero-order valence-electron chi connectivity index (χ0n) is 9.28. The number of hydrogen-bond donors (Lipinski definition) is 2. The number of para-hydroxylation sites is 1. The molecular formula is C12H13BrN4. The second kappa shape index (κ2) is 4.16. The number of hydrogen-bond acceptors (Lipinski definition) is 3. The number of nitrogen functional groups attached to an aromatic ring is 1. The van der Waals surface area contributed by atoms with Gasteiger partial charge in [-0.25, -0.2) is 4.68 Å². The molecule has 2 aromatic rings. The number of benzene rings is 1. The molecule has 0 fully saturated rings. The summed E-state index contributed by atoms with van der Waals surface area (Å²) in [5.74, 6) is 0.650. The lowest BCUT2D eigenvalue weighted by Gasteiger charge is -2.15. The van der Waals surface area contributed by atoms with E-state index in [2.05, 4.69) is 26.3 Å². The predicted molar refractivity (Wildman–Crippen MR) is 71.1 cm³/mol. The van der Waals surface area contributed by atoms with Gasteiger partial charge in [-0.15, -0.1) is 0 Å². The Morgan fingerprint density at radius 2 is 2.18 bits per heavy atom. The van der Waals surface area contributed by atoms with Crippen molar-refractivity contribution in [2.45, 2.75) is 13.0 Å². The highest BCUT2D eigenvalue weighted by molar-refractivity contribution is 9.10.